The van der Waals surface area contributed by atoms with Crippen LogP contribution < -0.4 is 0 Å². The number of hydrogen-bond acceptors (Lipinski definition) is 4. The van der Waals surface area contributed by atoms with Crippen LogP contribution in [0.15, 0.2) is 11.4 Å². The number of nitrogens with zero attached hydrogens (tertiary/aromatic N) is 2. The molecular weight excluding hydrogens is 280 g/mol. The summed E-state index contributed by atoms with van der Waals surface area (Å²) in [4.78, 5) is 15.1. The zero-order chi connectivity index (χ0) is 13.8. The van der Waals surface area contributed by atoms with Crippen molar-refractivity contribution in [1.29, 1.82) is 0 Å². The molecule has 1 N–H and O–H groups in total. The van der Waals surface area contributed by atoms with E-state index in [4.69, 9.17) is 5.11 Å². The molecule has 0 aromatic carbocycles. The van der Waals surface area contributed by atoms with Gasteiger partial charge in [0.15, 0.2) is 5.16 Å². The van der Waals surface area contributed by atoms with Crippen LogP contribution in [-0.2, 0) is 4.79 Å². The molecule has 2 unspecified atom stereocenters. The van der Waals surface area contributed by atoms with Gasteiger partial charge in [-0.25, -0.2) is 4.98 Å². The summed E-state index contributed by atoms with van der Waals surface area (Å²) in [7, 11) is 0. The highest BCUT2D eigenvalue weighted by Gasteiger charge is 2.31. The van der Waals surface area contributed by atoms with Crippen molar-refractivity contribution in [2.45, 2.75) is 49.6 Å². The number of hydrogen-bond donors (Lipinski definition) is 1. The lowest BCUT2D eigenvalue weighted by molar-refractivity contribution is -0.133. The number of carboxylic acids is 1. The second kappa shape index (κ2) is 6.70. The number of thioether (sulfide) groups is 2. The van der Waals surface area contributed by atoms with Gasteiger partial charge in [0.2, 0.25) is 0 Å². The summed E-state index contributed by atoms with van der Waals surface area (Å²) in [5.41, 5.74) is 1.14. The predicted molar refractivity (Wildman–Crippen MR) is 80.1 cm³/mol. The summed E-state index contributed by atoms with van der Waals surface area (Å²) in [6.45, 7) is 4.25. The summed E-state index contributed by atoms with van der Waals surface area (Å²) in [6, 6.07) is 0.476. The van der Waals surface area contributed by atoms with E-state index >= 15 is 0 Å². The minimum atomic E-state index is -0.789. The van der Waals surface area contributed by atoms with E-state index in [0.29, 0.717) is 11.3 Å². The van der Waals surface area contributed by atoms with E-state index in [-0.39, 0.29) is 5.75 Å². The maximum absolute atomic E-state index is 10.7. The summed E-state index contributed by atoms with van der Waals surface area (Å²) in [5.74, 6) is 0.421. The molecule has 2 atom stereocenters. The van der Waals surface area contributed by atoms with Crippen LogP contribution in [-0.4, -0.2) is 37.4 Å². The van der Waals surface area contributed by atoms with Gasteiger partial charge in [-0.15, -0.1) is 0 Å². The van der Waals surface area contributed by atoms with Crippen LogP contribution in [0.3, 0.4) is 0 Å². The molecule has 0 aliphatic heterocycles. The maximum Gasteiger partial charge on any atom is 0.313 e. The van der Waals surface area contributed by atoms with Crippen molar-refractivity contribution in [3.63, 3.8) is 0 Å². The summed E-state index contributed by atoms with van der Waals surface area (Å²) < 4.78 is 2.26. The Hall–Kier alpha value is -0.620. The van der Waals surface area contributed by atoms with Gasteiger partial charge in [0, 0.05) is 23.2 Å². The fraction of sp³-hybridized carbons (Fsp3) is 0.692. The van der Waals surface area contributed by atoms with Crippen molar-refractivity contribution >= 4 is 29.5 Å². The first-order valence-corrected chi connectivity index (χ1v) is 8.67. The van der Waals surface area contributed by atoms with Crippen LogP contribution >= 0.6 is 23.5 Å². The second-order valence-electron chi connectivity index (χ2n) is 4.73. The van der Waals surface area contributed by atoms with E-state index in [1.807, 2.05) is 18.0 Å². The van der Waals surface area contributed by atoms with Gasteiger partial charge in [0.25, 0.3) is 0 Å². The molecule has 1 heterocycles. The summed E-state index contributed by atoms with van der Waals surface area (Å²) >= 11 is 3.34. The van der Waals surface area contributed by atoms with Gasteiger partial charge in [0.05, 0.1) is 5.75 Å². The number of rotatable bonds is 6. The Labute approximate surface area is 122 Å². The molecule has 0 bridgehead atoms. The topological polar surface area (TPSA) is 55.1 Å². The third-order valence-electron chi connectivity index (χ3n) is 3.40. The zero-order valence-electron chi connectivity index (χ0n) is 11.3. The quantitative estimate of drug-likeness (QED) is 0.818. The molecule has 1 fully saturated rings. The lowest BCUT2D eigenvalue weighted by Crippen LogP contribution is -2.18. The van der Waals surface area contributed by atoms with E-state index in [0.717, 1.165) is 16.6 Å². The van der Waals surface area contributed by atoms with Gasteiger partial charge in [-0.3, -0.25) is 4.79 Å². The first kappa shape index (κ1) is 14.8. The highest BCUT2D eigenvalue weighted by molar-refractivity contribution is 8.00. The number of aryl methyl sites for hydroxylation is 1. The minimum Gasteiger partial charge on any atom is -0.481 e. The molecule has 0 amide bonds. The summed E-state index contributed by atoms with van der Waals surface area (Å²) in [6.07, 6.45) is 5.54. The lowest BCUT2D eigenvalue weighted by atomic mass is 10.2. The highest BCUT2D eigenvalue weighted by atomic mass is 32.2. The van der Waals surface area contributed by atoms with Crippen LogP contribution in [0.25, 0.3) is 0 Å². The SMILES string of the molecule is CCSC1CCCC1n1c(C)cnc1SCC(=O)O. The van der Waals surface area contributed by atoms with E-state index < -0.39 is 5.97 Å². The fourth-order valence-electron chi connectivity index (χ4n) is 2.67. The van der Waals surface area contributed by atoms with Gasteiger partial charge in [-0.1, -0.05) is 25.1 Å². The maximum atomic E-state index is 10.7. The largest absolute Gasteiger partial charge is 0.481 e. The Kier molecular flexibility index (Phi) is 5.21. The molecule has 2 rings (SSSR count). The van der Waals surface area contributed by atoms with Crippen LogP contribution in [0, 0.1) is 6.92 Å². The van der Waals surface area contributed by atoms with Crippen molar-refractivity contribution < 1.29 is 9.90 Å². The lowest BCUT2D eigenvalue weighted by Gasteiger charge is -2.23. The number of carboxylic acid groups (broad SMARTS) is 1. The van der Waals surface area contributed by atoms with Crippen molar-refractivity contribution in [3.8, 4) is 0 Å². The molecule has 1 saturated carbocycles. The molecule has 106 valence electrons. The number of aromatic nitrogens is 2. The Morgan fingerprint density at radius 1 is 1.58 bits per heavy atom. The van der Waals surface area contributed by atoms with Gasteiger partial charge < -0.3 is 9.67 Å². The Morgan fingerprint density at radius 2 is 2.37 bits per heavy atom. The molecule has 19 heavy (non-hydrogen) atoms. The molecule has 1 aromatic rings. The fourth-order valence-corrected chi connectivity index (χ4v) is 4.71. The van der Waals surface area contributed by atoms with Gasteiger partial charge in [-0.05, 0) is 25.5 Å². The molecule has 1 aromatic heterocycles. The van der Waals surface area contributed by atoms with Crippen molar-refractivity contribution in [3.05, 3.63) is 11.9 Å². The highest BCUT2D eigenvalue weighted by Crippen LogP contribution is 2.40. The molecule has 1 aliphatic carbocycles. The van der Waals surface area contributed by atoms with E-state index in [2.05, 4.69) is 23.4 Å². The molecule has 0 spiro atoms. The molecular formula is C13H20N2O2S2. The Morgan fingerprint density at radius 3 is 3.05 bits per heavy atom. The van der Waals surface area contributed by atoms with E-state index in [9.17, 15) is 4.79 Å². The van der Waals surface area contributed by atoms with Crippen LogP contribution in [0.1, 0.15) is 37.9 Å². The average Bonchev–Trinajstić information content (AvgIpc) is 2.94. The first-order chi connectivity index (χ1) is 9.13. The monoisotopic (exact) mass is 300 g/mol. The smallest absolute Gasteiger partial charge is 0.313 e. The number of imidazole rings is 1. The summed E-state index contributed by atoms with van der Waals surface area (Å²) in [5, 5.41) is 10.3. The Bertz CT molecular complexity index is 448. The molecule has 0 radical (unpaired) electrons. The Balaban J connectivity index is 2.17. The van der Waals surface area contributed by atoms with Gasteiger partial charge in [0.1, 0.15) is 0 Å². The molecule has 6 heteroatoms. The molecule has 0 saturated heterocycles. The third-order valence-corrected chi connectivity index (χ3v) is 5.67. The standard InChI is InChI=1S/C13H20N2O2S2/c1-3-18-11-6-4-5-10(11)15-9(2)7-14-13(15)19-8-12(16)17/h7,10-11H,3-6,8H2,1-2H3,(H,16,17). The third kappa shape index (κ3) is 3.48. The zero-order valence-corrected chi connectivity index (χ0v) is 13.0. The normalized spacial score (nSPS) is 22.8. The second-order valence-corrected chi connectivity index (χ2v) is 7.19. The van der Waals surface area contributed by atoms with Crippen molar-refractivity contribution in [2.24, 2.45) is 0 Å². The van der Waals surface area contributed by atoms with Crippen LogP contribution in [0.5, 0.6) is 0 Å². The number of aliphatic carboxylic acids is 1. The molecule has 1 aliphatic rings. The van der Waals surface area contributed by atoms with E-state index in [1.54, 1.807) is 0 Å². The van der Waals surface area contributed by atoms with Crippen LogP contribution in [0.2, 0.25) is 0 Å². The minimum absolute atomic E-state index is 0.0781. The first-order valence-electron chi connectivity index (χ1n) is 6.63. The predicted octanol–water partition coefficient (Wildman–Crippen LogP) is 3.21. The van der Waals surface area contributed by atoms with E-state index in [1.165, 1.54) is 31.0 Å². The van der Waals surface area contributed by atoms with Gasteiger partial charge in [-0.2, -0.15) is 11.8 Å². The van der Waals surface area contributed by atoms with Crippen LogP contribution in [0.4, 0.5) is 0 Å². The number of carbonyl (C=O) groups is 1. The average molecular weight is 300 g/mol. The van der Waals surface area contributed by atoms with Crippen molar-refractivity contribution in [2.75, 3.05) is 11.5 Å². The molecule has 4 nitrogen and oxygen atoms in total. The van der Waals surface area contributed by atoms with Gasteiger partial charge >= 0.3 is 5.97 Å². The van der Waals surface area contributed by atoms with Crippen molar-refractivity contribution in [1.82, 2.24) is 9.55 Å².